The van der Waals surface area contributed by atoms with E-state index in [1.54, 1.807) is 18.4 Å². The maximum Gasteiger partial charge on any atom is 0.0963 e. The van der Waals surface area contributed by atoms with Crippen molar-refractivity contribution in [1.82, 2.24) is 4.98 Å². The number of methoxy groups -OCH3 is 1. The molecule has 0 atom stereocenters. The molecular formula is C15H26N2OS. The van der Waals surface area contributed by atoms with E-state index in [0.29, 0.717) is 19.1 Å². The Hall–Kier alpha value is -0.450. The van der Waals surface area contributed by atoms with Crippen molar-refractivity contribution in [1.29, 1.82) is 0 Å². The summed E-state index contributed by atoms with van der Waals surface area (Å²) in [5.41, 5.74) is 6.86. The van der Waals surface area contributed by atoms with E-state index >= 15 is 0 Å². The highest BCUT2D eigenvalue weighted by Gasteiger charge is 2.25. The second-order valence-electron chi connectivity index (χ2n) is 5.57. The van der Waals surface area contributed by atoms with Crippen LogP contribution in [0.25, 0.3) is 0 Å². The molecule has 0 radical (unpaired) electrons. The van der Waals surface area contributed by atoms with Crippen molar-refractivity contribution in [3.8, 4) is 0 Å². The molecule has 0 spiro atoms. The van der Waals surface area contributed by atoms with Crippen LogP contribution in [-0.2, 0) is 17.9 Å². The minimum Gasteiger partial charge on any atom is -0.378 e. The lowest BCUT2D eigenvalue weighted by Gasteiger charge is -2.27. The number of rotatable bonds is 6. The maximum atomic E-state index is 5.80. The summed E-state index contributed by atoms with van der Waals surface area (Å²) in [6, 6.07) is 0. The molecule has 2 rings (SSSR count). The van der Waals surface area contributed by atoms with Gasteiger partial charge in [0, 0.05) is 24.4 Å². The van der Waals surface area contributed by atoms with Crippen LogP contribution < -0.4 is 5.73 Å². The molecule has 1 aromatic heterocycles. The van der Waals surface area contributed by atoms with E-state index in [-0.39, 0.29) is 0 Å². The molecule has 1 aliphatic carbocycles. The maximum absolute atomic E-state index is 5.80. The van der Waals surface area contributed by atoms with Gasteiger partial charge in [0.1, 0.15) is 0 Å². The molecule has 0 amide bonds. The van der Waals surface area contributed by atoms with Crippen molar-refractivity contribution in [3.63, 3.8) is 0 Å². The number of thiazole rings is 1. The molecule has 0 unspecified atom stereocenters. The lowest BCUT2D eigenvalue weighted by molar-refractivity contribution is 0.181. The summed E-state index contributed by atoms with van der Waals surface area (Å²) in [6.07, 6.45) is 8.06. The van der Waals surface area contributed by atoms with Crippen LogP contribution in [-0.4, -0.2) is 12.1 Å². The molecule has 0 bridgehead atoms. The first-order valence-electron chi connectivity index (χ1n) is 7.45. The second kappa shape index (κ2) is 7.36. The zero-order chi connectivity index (χ0) is 13.7. The fourth-order valence-corrected chi connectivity index (χ4v) is 4.21. The fraction of sp³-hybridized carbons (Fsp3) is 0.800. The topological polar surface area (TPSA) is 48.1 Å². The standard InChI is InChI=1S/C15H26N2OS/c1-3-4-11-5-7-12(8-6-11)15-17-13(10-18-2)14(9-16)19-15/h11-12H,3-10,16H2,1-2H3. The molecule has 0 saturated heterocycles. The van der Waals surface area contributed by atoms with Crippen LogP contribution in [0.4, 0.5) is 0 Å². The quantitative estimate of drug-likeness (QED) is 0.862. The third kappa shape index (κ3) is 3.77. The predicted octanol–water partition coefficient (Wildman–Crippen LogP) is 3.82. The van der Waals surface area contributed by atoms with Gasteiger partial charge in [-0.05, 0) is 31.6 Å². The molecule has 19 heavy (non-hydrogen) atoms. The van der Waals surface area contributed by atoms with Gasteiger partial charge in [0.05, 0.1) is 17.3 Å². The van der Waals surface area contributed by atoms with E-state index in [4.69, 9.17) is 15.5 Å². The number of nitrogens with zero attached hydrogens (tertiary/aromatic N) is 1. The number of hydrogen-bond donors (Lipinski definition) is 1. The van der Waals surface area contributed by atoms with Gasteiger partial charge in [0.15, 0.2) is 0 Å². The van der Waals surface area contributed by atoms with Crippen molar-refractivity contribution in [2.75, 3.05) is 7.11 Å². The lowest BCUT2D eigenvalue weighted by Crippen LogP contribution is -2.13. The number of aromatic nitrogens is 1. The summed E-state index contributed by atoms with van der Waals surface area (Å²) in [4.78, 5) is 5.98. The fourth-order valence-electron chi connectivity index (χ4n) is 3.09. The summed E-state index contributed by atoms with van der Waals surface area (Å²) in [5.74, 6) is 1.61. The SMILES string of the molecule is CCCC1CCC(c2nc(COC)c(CN)s2)CC1. The van der Waals surface area contributed by atoms with Gasteiger partial charge in [0.25, 0.3) is 0 Å². The van der Waals surface area contributed by atoms with E-state index < -0.39 is 0 Å². The van der Waals surface area contributed by atoms with Crippen LogP contribution in [0, 0.1) is 5.92 Å². The molecule has 0 aliphatic heterocycles. The molecule has 0 aromatic carbocycles. The van der Waals surface area contributed by atoms with Gasteiger partial charge in [-0.15, -0.1) is 11.3 Å². The number of hydrogen-bond acceptors (Lipinski definition) is 4. The Morgan fingerprint density at radius 3 is 2.63 bits per heavy atom. The third-order valence-corrected chi connectivity index (χ3v) is 5.44. The normalized spacial score (nSPS) is 23.7. The Kier molecular flexibility index (Phi) is 5.79. The third-order valence-electron chi connectivity index (χ3n) is 4.15. The van der Waals surface area contributed by atoms with Crippen LogP contribution in [0.2, 0.25) is 0 Å². The van der Waals surface area contributed by atoms with Crippen LogP contribution in [0.1, 0.15) is 66.9 Å². The zero-order valence-electron chi connectivity index (χ0n) is 12.2. The van der Waals surface area contributed by atoms with Crippen molar-refractivity contribution in [3.05, 3.63) is 15.6 Å². The highest BCUT2D eigenvalue weighted by molar-refractivity contribution is 7.11. The van der Waals surface area contributed by atoms with Crippen LogP contribution >= 0.6 is 11.3 Å². The van der Waals surface area contributed by atoms with E-state index in [0.717, 1.165) is 11.6 Å². The van der Waals surface area contributed by atoms with Gasteiger partial charge < -0.3 is 10.5 Å². The highest BCUT2D eigenvalue weighted by Crippen LogP contribution is 2.39. The first kappa shape index (κ1) is 14.9. The minimum atomic E-state index is 0.585. The zero-order valence-corrected chi connectivity index (χ0v) is 13.0. The molecule has 2 N–H and O–H groups in total. The number of ether oxygens (including phenoxy) is 1. The average Bonchev–Trinajstić information content (AvgIpc) is 2.84. The molecule has 108 valence electrons. The predicted molar refractivity (Wildman–Crippen MR) is 80.3 cm³/mol. The molecule has 1 aliphatic rings. The summed E-state index contributed by atoms with van der Waals surface area (Å²) in [6.45, 7) is 3.47. The van der Waals surface area contributed by atoms with Crippen molar-refractivity contribution >= 4 is 11.3 Å². The van der Waals surface area contributed by atoms with E-state index in [2.05, 4.69) is 6.92 Å². The van der Waals surface area contributed by atoms with Gasteiger partial charge in [-0.1, -0.05) is 19.8 Å². The van der Waals surface area contributed by atoms with Gasteiger partial charge in [-0.3, -0.25) is 0 Å². The molecule has 1 fully saturated rings. The Bertz CT molecular complexity index is 383. The molecule has 1 heterocycles. The summed E-state index contributed by atoms with van der Waals surface area (Å²) >= 11 is 1.80. The molecule has 1 aromatic rings. The minimum absolute atomic E-state index is 0.585. The molecule has 1 saturated carbocycles. The van der Waals surface area contributed by atoms with Crippen molar-refractivity contribution in [2.45, 2.75) is 64.5 Å². The lowest BCUT2D eigenvalue weighted by atomic mass is 9.80. The molecular weight excluding hydrogens is 256 g/mol. The van der Waals surface area contributed by atoms with Gasteiger partial charge in [0.2, 0.25) is 0 Å². The van der Waals surface area contributed by atoms with Gasteiger partial charge >= 0.3 is 0 Å². The smallest absolute Gasteiger partial charge is 0.0963 e. The summed E-state index contributed by atoms with van der Waals surface area (Å²) in [5, 5.41) is 1.29. The largest absolute Gasteiger partial charge is 0.378 e. The van der Waals surface area contributed by atoms with E-state index in [1.165, 1.54) is 48.4 Å². The monoisotopic (exact) mass is 282 g/mol. The van der Waals surface area contributed by atoms with Crippen molar-refractivity contribution < 1.29 is 4.74 Å². The Labute approximate surface area is 120 Å². The average molecular weight is 282 g/mol. The number of nitrogens with two attached hydrogens (primary N) is 1. The molecule has 3 nitrogen and oxygen atoms in total. The van der Waals surface area contributed by atoms with Crippen LogP contribution in [0.15, 0.2) is 0 Å². The summed E-state index contributed by atoms with van der Waals surface area (Å²) < 4.78 is 5.21. The molecule has 4 heteroatoms. The Morgan fingerprint density at radius 1 is 1.32 bits per heavy atom. The van der Waals surface area contributed by atoms with E-state index in [9.17, 15) is 0 Å². The van der Waals surface area contributed by atoms with Crippen LogP contribution in [0.3, 0.4) is 0 Å². The van der Waals surface area contributed by atoms with E-state index in [1.807, 2.05) is 0 Å². The van der Waals surface area contributed by atoms with Gasteiger partial charge in [-0.2, -0.15) is 0 Å². The van der Waals surface area contributed by atoms with Crippen molar-refractivity contribution in [2.24, 2.45) is 11.7 Å². The Morgan fingerprint density at radius 2 is 2.05 bits per heavy atom. The first-order chi connectivity index (χ1) is 9.28. The van der Waals surface area contributed by atoms with Gasteiger partial charge in [-0.25, -0.2) is 4.98 Å². The first-order valence-corrected chi connectivity index (χ1v) is 8.27. The second-order valence-corrected chi connectivity index (χ2v) is 6.68. The van der Waals surface area contributed by atoms with Crippen LogP contribution in [0.5, 0.6) is 0 Å². The Balaban J connectivity index is 1.99. The highest BCUT2D eigenvalue weighted by atomic mass is 32.1. The summed E-state index contributed by atoms with van der Waals surface area (Å²) in [7, 11) is 1.72.